The topological polar surface area (TPSA) is 96.5 Å². The van der Waals surface area contributed by atoms with Crippen LogP contribution in [0.3, 0.4) is 0 Å². The van der Waals surface area contributed by atoms with Gasteiger partial charge in [0.1, 0.15) is 18.0 Å². The Morgan fingerprint density at radius 2 is 1.82 bits per heavy atom. The molecule has 0 aliphatic carbocycles. The van der Waals surface area contributed by atoms with Crippen LogP contribution in [0, 0.1) is 6.92 Å². The van der Waals surface area contributed by atoms with Crippen molar-refractivity contribution in [1.29, 1.82) is 0 Å². The van der Waals surface area contributed by atoms with Crippen LogP contribution in [0.5, 0.6) is 5.75 Å². The first-order valence-corrected chi connectivity index (χ1v) is 12.8. The van der Waals surface area contributed by atoms with Crippen LogP contribution in [0.2, 0.25) is 0 Å². The molecule has 8 nitrogen and oxygen atoms in total. The zero-order valence-corrected chi connectivity index (χ0v) is 23.0. The number of hydrogen-bond acceptors (Lipinski definition) is 6. The van der Waals surface area contributed by atoms with Crippen LogP contribution >= 0.6 is 0 Å². The quantitative estimate of drug-likeness (QED) is 0.199. The summed E-state index contributed by atoms with van der Waals surface area (Å²) >= 11 is 0. The average Bonchev–Trinajstić information content (AvgIpc) is 3.28. The first-order chi connectivity index (χ1) is 18.7. The second kappa shape index (κ2) is 12.0. The van der Waals surface area contributed by atoms with Gasteiger partial charge in [0.05, 0.1) is 17.4 Å². The number of carbonyl (C=O) groups excluding carboxylic acids is 2. The largest absolute Gasteiger partial charge is 0.492 e. The highest BCUT2D eigenvalue weighted by atomic mass is 16.5. The molecule has 8 heteroatoms. The fourth-order valence-electron chi connectivity index (χ4n) is 4.14. The zero-order valence-electron chi connectivity index (χ0n) is 23.0. The van der Waals surface area contributed by atoms with Gasteiger partial charge in [-0.1, -0.05) is 18.7 Å². The third-order valence-corrected chi connectivity index (χ3v) is 6.15. The second-order valence-electron chi connectivity index (χ2n) is 9.85. The lowest BCUT2D eigenvalue weighted by atomic mass is 9.96. The Labute approximate surface area is 228 Å². The summed E-state index contributed by atoms with van der Waals surface area (Å²) in [6.45, 7) is 10.5. The third kappa shape index (κ3) is 6.53. The van der Waals surface area contributed by atoms with E-state index in [1.54, 1.807) is 6.07 Å². The van der Waals surface area contributed by atoms with Crippen molar-refractivity contribution in [3.8, 4) is 28.1 Å². The zero-order chi connectivity index (χ0) is 28.1. The maximum Gasteiger partial charge on any atom is 0.339 e. The van der Waals surface area contributed by atoms with Gasteiger partial charge in [-0.25, -0.2) is 9.78 Å². The molecule has 0 fully saturated rings. The molecule has 4 aromatic rings. The van der Waals surface area contributed by atoms with Crippen molar-refractivity contribution < 1.29 is 19.1 Å². The van der Waals surface area contributed by atoms with Crippen LogP contribution < -0.4 is 10.1 Å². The van der Waals surface area contributed by atoms with Gasteiger partial charge in [0.15, 0.2) is 0 Å². The van der Waals surface area contributed by atoms with Gasteiger partial charge in [0.25, 0.3) is 0 Å². The van der Waals surface area contributed by atoms with Gasteiger partial charge in [-0.15, -0.1) is 0 Å². The van der Waals surface area contributed by atoms with E-state index in [1.807, 2.05) is 77.3 Å². The molecule has 2 aromatic heterocycles. The number of ether oxygens (including phenoxy) is 2. The fraction of sp³-hybridized carbons (Fsp3) is 0.258. The van der Waals surface area contributed by atoms with Gasteiger partial charge >= 0.3 is 5.97 Å². The molecule has 0 saturated heterocycles. The Bertz CT molecular complexity index is 1500. The molecule has 0 saturated carbocycles. The maximum absolute atomic E-state index is 12.7. The minimum atomic E-state index is -0.435. The van der Waals surface area contributed by atoms with Crippen molar-refractivity contribution in [2.24, 2.45) is 0 Å². The molecular formula is C31H34N4O4. The summed E-state index contributed by atoms with van der Waals surface area (Å²) in [4.78, 5) is 34.8. The van der Waals surface area contributed by atoms with Crippen molar-refractivity contribution in [2.75, 3.05) is 32.6 Å². The van der Waals surface area contributed by atoms with E-state index in [-0.39, 0.29) is 12.0 Å². The predicted octanol–water partition coefficient (Wildman–Crippen LogP) is 5.84. The standard InChI is InChI=1S/C31H34N4O4/c1-7-27(36)33-26-17-22(9-8-20(26)4)28-25-16-23(31(37)39-19(2)3)18-32-30(25)34-29(28)21-10-12-24(13-11-21)38-15-14-35(5)6/h7-13,16-19H,1,14-15H2,2-6H3,(H,32,34)(H,33,36). The van der Waals surface area contributed by atoms with E-state index in [0.717, 1.165) is 45.6 Å². The first-order valence-electron chi connectivity index (χ1n) is 12.8. The maximum atomic E-state index is 12.7. The number of benzene rings is 2. The van der Waals surface area contributed by atoms with Crippen LogP contribution in [0.25, 0.3) is 33.4 Å². The summed E-state index contributed by atoms with van der Waals surface area (Å²) in [5, 5.41) is 3.64. The SMILES string of the molecule is C=CC(=O)Nc1cc(-c2c(-c3ccc(OCCN(C)C)cc3)[nH]c3ncc(C(=O)OC(C)C)cc23)ccc1C. The van der Waals surface area contributed by atoms with E-state index < -0.39 is 5.97 Å². The second-order valence-corrected chi connectivity index (χ2v) is 9.85. The lowest BCUT2D eigenvalue weighted by Crippen LogP contribution is -2.19. The van der Waals surface area contributed by atoms with Crippen LogP contribution in [0.4, 0.5) is 5.69 Å². The fourth-order valence-corrected chi connectivity index (χ4v) is 4.14. The van der Waals surface area contributed by atoms with E-state index in [2.05, 4.69) is 26.8 Å². The number of aromatic amines is 1. The van der Waals surface area contributed by atoms with Gasteiger partial charge in [-0.05, 0) is 94.0 Å². The summed E-state index contributed by atoms with van der Waals surface area (Å²) < 4.78 is 11.3. The van der Waals surface area contributed by atoms with Crippen molar-refractivity contribution >= 4 is 28.6 Å². The minimum Gasteiger partial charge on any atom is -0.492 e. The molecule has 0 spiro atoms. The number of H-pyrrole nitrogens is 1. The van der Waals surface area contributed by atoms with Gasteiger partial charge in [-0.3, -0.25) is 4.79 Å². The Morgan fingerprint density at radius 1 is 1.10 bits per heavy atom. The normalized spacial score (nSPS) is 11.2. The van der Waals surface area contributed by atoms with E-state index in [9.17, 15) is 9.59 Å². The smallest absolute Gasteiger partial charge is 0.339 e. The number of pyridine rings is 1. The highest BCUT2D eigenvalue weighted by Crippen LogP contribution is 2.40. The number of hydrogen-bond donors (Lipinski definition) is 2. The van der Waals surface area contributed by atoms with Crippen LogP contribution in [-0.2, 0) is 9.53 Å². The molecule has 0 aliphatic rings. The Hall–Kier alpha value is -4.43. The van der Waals surface area contributed by atoms with Gasteiger partial charge < -0.3 is 24.7 Å². The molecule has 2 N–H and O–H groups in total. The Morgan fingerprint density at radius 3 is 2.49 bits per heavy atom. The van der Waals surface area contributed by atoms with E-state index in [4.69, 9.17) is 9.47 Å². The number of carbonyl (C=O) groups is 2. The number of nitrogens with one attached hydrogen (secondary N) is 2. The molecule has 0 aliphatic heterocycles. The third-order valence-electron chi connectivity index (χ3n) is 6.15. The summed E-state index contributed by atoms with van der Waals surface area (Å²) in [6.07, 6.45) is 2.51. The molecule has 2 heterocycles. The number of aromatic nitrogens is 2. The number of aryl methyl sites for hydroxylation is 1. The molecule has 0 bridgehead atoms. The van der Waals surface area contributed by atoms with E-state index >= 15 is 0 Å². The van der Waals surface area contributed by atoms with E-state index in [1.165, 1.54) is 12.3 Å². The van der Waals surface area contributed by atoms with Gasteiger partial charge in [0, 0.05) is 29.4 Å². The Balaban J connectivity index is 1.83. The van der Waals surface area contributed by atoms with Crippen molar-refractivity contribution in [3.05, 3.63) is 78.5 Å². The number of fused-ring (bicyclic) bond motifs is 1. The molecule has 1 amide bonds. The number of rotatable bonds is 10. The van der Waals surface area contributed by atoms with E-state index in [0.29, 0.717) is 23.5 Å². The molecular weight excluding hydrogens is 492 g/mol. The summed E-state index contributed by atoms with van der Waals surface area (Å²) in [6, 6.07) is 15.5. The average molecular weight is 527 g/mol. The molecule has 0 unspecified atom stereocenters. The Kier molecular flexibility index (Phi) is 8.46. The minimum absolute atomic E-state index is 0.249. The van der Waals surface area contributed by atoms with Crippen molar-refractivity contribution in [3.63, 3.8) is 0 Å². The summed E-state index contributed by atoms with van der Waals surface area (Å²) in [5.74, 6) is 0.0506. The summed E-state index contributed by atoms with van der Waals surface area (Å²) in [5.41, 5.74) is 6.03. The van der Waals surface area contributed by atoms with Gasteiger partial charge in [-0.2, -0.15) is 0 Å². The lowest BCUT2D eigenvalue weighted by Gasteiger charge is -2.13. The highest BCUT2D eigenvalue weighted by molar-refractivity contribution is 6.06. The summed E-state index contributed by atoms with van der Waals surface area (Å²) in [7, 11) is 4.01. The van der Waals surface area contributed by atoms with Crippen LogP contribution in [0.1, 0.15) is 29.8 Å². The molecule has 4 rings (SSSR count). The molecule has 0 radical (unpaired) electrons. The lowest BCUT2D eigenvalue weighted by molar-refractivity contribution is -0.111. The number of anilines is 1. The molecule has 39 heavy (non-hydrogen) atoms. The van der Waals surface area contributed by atoms with Crippen LogP contribution in [-0.4, -0.2) is 60.1 Å². The predicted molar refractivity (Wildman–Crippen MR) is 155 cm³/mol. The molecule has 202 valence electrons. The number of nitrogens with zero attached hydrogens (tertiary/aromatic N) is 2. The van der Waals surface area contributed by atoms with Crippen molar-refractivity contribution in [1.82, 2.24) is 14.9 Å². The van der Waals surface area contributed by atoms with Crippen LogP contribution in [0.15, 0.2) is 67.4 Å². The van der Waals surface area contributed by atoms with Crippen molar-refractivity contribution in [2.45, 2.75) is 26.9 Å². The monoisotopic (exact) mass is 526 g/mol. The highest BCUT2D eigenvalue weighted by Gasteiger charge is 2.20. The molecule has 0 atom stereocenters. The number of amides is 1. The first kappa shape index (κ1) is 27.6. The number of esters is 1. The molecule has 2 aromatic carbocycles. The van der Waals surface area contributed by atoms with Gasteiger partial charge in [0.2, 0.25) is 5.91 Å². The number of likely N-dealkylation sites (N-methyl/N-ethyl adjacent to an activating group) is 1.